The van der Waals surface area contributed by atoms with Crippen molar-refractivity contribution in [3.8, 4) is 5.75 Å². The van der Waals surface area contributed by atoms with Crippen molar-refractivity contribution in [2.75, 3.05) is 35.8 Å². The molecule has 2 N–H and O–H groups in total. The van der Waals surface area contributed by atoms with Crippen LogP contribution in [0.5, 0.6) is 5.75 Å². The molecular weight excluding hydrogens is 536 g/mol. The van der Waals surface area contributed by atoms with Gasteiger partial charge in [0.05, 0.1) is 24.4 Å². The summed E-state index contributed by atoms with van der Waals surface area (Å²) in [6.07, 6.45) is 9.10. The largest absolute Gasteiger partial charge is 0.495 e. The average Bonchev–Trinajstić information content (AvgIpc) is 3.49. The van der Waals surface area contributed by atoms with Crippen molar-refractivity contribution >= 4 is 40.9 Å². The van der Waals surface area contributed by atoms with Gasteiger partial charge in [0.2, 0.25) is 11.9 Å². The van der Waals surface area contributed by atoms with Crippen molar-refractivity contribution in [2.24, 2.45) is 5.41 Å². The molecule has 1 aliphatic heterocycles. The maximum Gasteiger partial charge on any atom is 0.302 e. The monoisotopic (exact) mass is 578 g/mol. The van der Waals surface area contributed by atoms with Gasteiger partial charge in [-0.05, 0) is 70.6 Å². The summed E-state index contributed by atoms with van der Waals surface area (Å²) in [6.45, 7) is 5.99. The molecule has 0 atom stereocenters. The SMILES string of the molecule is COc1cc(C(=O)NC2CCC(OC(C)=O)CC2)ccc1Nc1ncc2c(n1)N(C1CCCC1)CC(C)(C)C(=O)N2C. The highest BCUT2D eigenvalue weighted by Gasteiger charge is 2.41. The number of fused-ring (bicyclic) bond motifs is 1. The van der Waals surface area contributed by atoms with Gasteiger partial charge in [-0.25, -0.2) is 4.98 Å². The Balaban J connectivity index is 1.33. The summed E-state index contributed by atoms with van der Waals surface area (Å²) in [4.78, 5) is 51.0. The molecule has 2 aromatic rings. The molecule has 2 fully saturated rings. The second-order valence-electron chi connectivity index (χ2n) is 12.3. The minimum atomic E-state index is -0.563. The maximum atomic E-state index is 13.3. The molecule has 5 rings (SSSR count). The fourth-order valence-corrected chi connectivity index (χ4v) is 6.41. The van der Waals surface area contributed by atoms with Crippen LogP contribution in [-0.4, -0.2) is 66.6 Å². The Kier molecular flexibility index (Phi) is 8.56. The van der Waals surface area contributed by atoms with Gasteiger partial charge in [-0.1, -0.05) is 12.8 Å². The lowest BCUT2D eigenvalue weighted by Gasteiger charge is -2.34. The summed E-state index contributed by atoms with van der Waals surface area (Å²) in [7, 11) is 3.34. The third kappa shape index (κ3) is 6.29. The smallest absolute Gasteiger partial charge is 0.302 e. The van der Waals surface area contributed by atoms with Gasteiger partial charge in [0.15, 0.2) is 5.82 Å². The van der Waals surface area contributed by atoms with Gasteiger partial charge in [0.1, 0.15) is 17.5 Å². The van der Waals surface area contributed by atoms with Crippen LogP contribution < -0.4 is 25.2 Å². The van der Waals surface area contributed by atoms with E-state index in [1.807, 2.05) is 13.8 Å². The third-order valence-corrected chi connectivity index (χ3v) is 8.65. The van der Waals surface area contributed by atoms with E-state index >= 15 is 0 Å². The number of hydrogen-bond acceptors (Lipinski definition) is 9. The van der Waals surface area contributed by atoms with Crippen molar-refractivity contribution in [3.05, 3.63) is 30.0 Å². The molecule has 2 aliphatic carbocycles. The molecule has 3 aliphatic rings. The number of aromatic nitrogens is 2. The van der Waals surface area contributed by atoms with Crippen LogP contribution >= 0.6 is 0 Å². The van der Waals surface area contributed by atoms with E-state index in [4.69, 9.17) is 14.5 Å². The number of benzene rings is 1. The highest BCUT2D eigenvalue weighted by molar-refractivity contribution is 6.01. The molecule has 0 spiro atoms. The van der Waals surface area contributed by atoms with Crippen molar-refractivity contribution in [2.45, 2.75) is 90.3 Å². The predicted molar refractivity (Wildman–Crippen MR) is 160 cm³/mol. The zero-order valence-corrected chi connectivity index (χ0v) is 25.2. The third-order valence-electron chi connectivity index (χ3n) is 8.65. The number of ether oxygens (including phenoxy) is 2. The van der Waals surface area contributed by atoms with Gasteiger partial charge < -0.3 is 29.9 Å². The lowest BCUT2D eigenvalue weighted by Crippen LogP contribution is -2.45. The van der Waals surface area contributed by atoms with Crippen LogP contribution in [0.4, 0.5) is 23.1 Å². The highest BCUT2D eigenvalue weighted by Crippen LogP contribution is 2.40. The topological polar surface area (TPSA) is 126 Å². The van der Waals surface area contributed by atoms with Crippen molar-refractivity contribution in [3.63, 3.8) is 0 Å². The second kappa shape index (κ2) is 12.1. The Bertz CT molecular complexity index is 1330. The summed E-state index contributed by atoms with van der Waals surface area (Å²) < 4.78 is 10.9. The summed E-state index contributed by atoms with van der Waals surface area (Å²) >= 11 is 0. The van der Waals surface area contributed by atoms with E-state index in [1.165, 1.54) is 19.8 Å². The first kappa shape index (κ1) is 29.6. The molecule has 1 aromatic heterocycles. The van der Waals surface area contributed by atoms with Crippen LogP contribution in [0.1, 0.15) is 82.5 Å². The number of carbonyl (C=O) groups excluding carboxylic acids is 3. The summed E-state index contributed by atoms with van der Waals surface area (Å²) in [5, 5.41) is 6.37. The van der Waals surface area contributed by atoms with Crippen LogP contribution in [0.2, 0.25) is 0 Å². The highest BCUT2D eigenvalue weighted by atomic mass is 16.5. The molecule has 2 heterocycles. The molecular formula is C31H42N6O5. The van der Waals surface area contributed by atoms with E-state index in [1.54, 1.807) is 43.5 Å². The molecule has 11 heteroatoms. The van der Waals surface area contributed by atoms with Gasteiger partial charge >= 0.3 is 5.97 Å². The Morgan fingerprint density at radius 3 is 2.45 bits per heavy atom. The molecule has 226 valence electrons. The predicted octanol–water partition coefficient (Wildman–Crippen LogP) is 4.58. The fraction of sp³-hybridized carbons (Fsp3) is 0.581. The standard InChI is InChI=1S/C31H42N6O5/c1-19(38)42-23-13-11-21(12-14-23)33-28(39)20-10-15-24(26(16-20)41-5)34-30-32-17-25-27(35-30)37(22-8-6-7-9-22)18-31(2,3)29(40)36(25)4/h10,15-17,21-23H,6-9,11-14,18H2,1-5H3,(H,33,39)(H,32,34,35). The Hall–Kier alpha value is -3.89. The Labute approximate surface area is 247 Å². The van der Waals surface area contributed by atoms with Crippen LogP contribution in [0.25, 0.3) is 0 Å². The van der Waals surface area contributed by atoms with Crippen molar-refractivity contribution in [1.82, 2.24) is 15.3 Å². The first-order chi connectivity index (χ1) is 20.1. The van der Waals surface area contributed by atoms with Crippen LogP contribution in [0, 0.1) is 5.41 Å². The molecule has 2 saturated carbocycles. The summed E-state index contributed by atoms with van der Waals surface area (Å²) in [5.74, 6) is 1.22. The summed E-state index contributed by atoms with van der Waals surface area (Å²) in [5.41, 5.74) is 1.25. The number of rotatable bonds is 7. The Morgan fingerprint density at radius 1 is 1.07 bits per heavy atom. The molecule has 1 aromatic carbocycles. The van der Waals surface area contributed by atoms with E-state index in [-0.39, 0.29) is 29.9 Å². The molecule has 11 nitrogen and oxygen atoms in total. The number of nitrogens with zero attached hydrogens (tertiary/aromatic N) is 4. The van der Waals surface area contributed by atoms with E-state index in [2.05, 4.69) is 20.5 Å². The van der Waals surface area contributed by atoms with E-state index in [0.717, 1.165) is 44.3 Å². The number of anilines is 4. The number of methoxy groups -OCH3 is 1. The van der Waals surface area contributed by atoms with E-state index in [0.29, 0.717) is 41.2 Å². The van der Waals surface area contributed by atoms with Crippen LogP contribution in [0.3, 0.4) is 0 Å². The number of hydrogen-bond donors (Lipinski definition) is 2. The molecule has 0 radical (unpaired) electrons. The molecule has 42 heavy (non-hydrogen) atoms. The number of esters is 1. The first-order valence-electron chi connectivity index (χ1n) is 14.9. The quantitative estimate of drug-likeness (QED) is 0.454. The normalized spacial score (nSPS) is 22.3. The lowest BCUT2D eigenvalue weighted by molar-refractivity contribution is -0.147. The Morgan fingerprint density at radius 2 is 1.79 bits per heavy atom. The minimum absolute atomic E-state index is 0.0267. The minimum Gasteiger partial charge on any atom is -0.495 e. The van der Waals surface area contributed by atoms with Gasteiger partial charge in [0, 0.05) is 38.2 Å². The molecule has 0 saturated heterocycles. The molecule has 0 bridgehead atoms. The molecule has 0 unspecified atom stereocenters. The van der Waals surface area contributed by atoms with Crippen LogP contribution in [-0.2, 0) is 14.3 Å². The zero-order chi connectivity index (χ0) is 30.0. The fourth-order valence-electron chi connectivity index (χ4n) is 6.41. The van der Waals surface area contributed by atoms with Crippen LogP contribution in [0.15, 0.2) is 24.4 Å². The second-order valence-corrected chi connectivity index (χ2v) is 12.3. The lowest BCUT2D eigenvalue weighted by atomic mass is 9.91. The first-order valence-corrected chi connectivity index (χ1v) is 14.9. The zero-order valence-electron chi connectivity index (χ0n) is 25.2. The van der Waals surface area contributed by atoms with Gasteiger partial charge in [-0.3, -0.25) is 14.4 Å². The number of carbonyl (C=O) groups is 3. The number of amides is 2. The molecule has 2 amide bonds. The van der Waals surface area contributed by atoms with E-state index in [9.17, 15) is 14.4 Å². The maximum absolute atomic E-state index is 13.3. The average molecular weight is 579 g/mol. The van der Waals surface area contributed by atoms with Crippen molar-refractivity contribution in [1.29, 1.82) is 0 Å². The summed E-state index contributed by atoms with van der Waals surface area (Å²) in [6, 6.07) is 5.58. The van der Waals surface area contributed by atoms with Gasteiger partial charge in [0.25, 0.3) is 5.91 Å². The van der Waals surface area contributed by atoms with Crippen molar-refractivity contribution < 1.29 is 23.9 Å². The number of nitrogens with one attached hydrogen (secondary N) is 2. The van der Waals surface area contributed by atoms with E-state index < -0.39 is 5.41 Å². The van der Waals surface area contributed by atoms with Gasteiger partial charge in [-0.15, -0.1) is 0 Å². The van der Waals surface area contributed by atoms with Gasteiger partial charge in [-0.2, -0.15) is 4.98 Å².